The van der Waals surface area contributed by atoms with Gasteiger partial charge in [-0.15, -0.1) is 11.3 Å². The van der Waals surface area contributed by atoms with Gasteiger partial charge in [0, 0.05) is 0 Å². The molecule has 8 heteroatoms. The van der Waals surface area contributed by atoms with Crippen molar-refractivity contribution in [3.05, 3.63) is 32.9 Å². The second-order valence-electron chi connectivity index (χ2n) is 3.45. The second-order valence-corrected chi connectivity index (χ2v) is 6.05. The van der Waals surface area contributed by atoms with Crippen LogP contribution in [0.1, 0.15) is 11.8 Å². The lowest BCUT2D eigenvalue weighted by Crippen LogP contribution is -2.17. The standard InChI is InChI=1S/C11H10ClN3O2S2/c1-7(8-3-2-4-18-8)15-17-6-10(16)14-11-13-5-9(12)19-11/h2-5H,6H2,1H3,(H,13,14,16). The van der Waals surface area contributed by atoms with E-state index in [2.05, 4.69) is 15.5 Å². The van der Waals surface area contributed by atoms with Crippen LogP contribution in [0, 0.1) is 0 Å². The van der Waals surface area contributed by atoms with Gasteiger partial charge in [0.25, 0.3) is 5.91 Å². The van der Waals surface area contributed by atoms with Gasteiger partial charge in [-0.05, 0) is 18.4 Å². The molecule has 0 atom stereocenters. The van der Waals surface area contributed by atoms with Crippen LogP contribution in [0.5, 0.6) is 0 Å². The van der Waals surface area contributed by atoms with Crippen molar-refractivity contribution in [2.75, 3.05) is 11.9 Å². The normalized spacial score (nSPS) is 11.4. The van der Waals surface area contributed by atoms with Gasteiger partial charge in [-0.3, -0.25) is 10.1 Å². The Balaban J connectivity index is 1.79. The van der Waals surface area contributed by atoms with Gasteiger partial charge in [0.15, 0.2) is 11.7 Å². The Kier molecular flexibility index (Phi) is 4.89. The van der Waals surface area contributed by atoms with Crippen molar-refractivity contribution in [3.8, 4) is 0 Å². The monoisotopic (exact) mass is 315 g/mol. The van der Waals surface area contributed by atoms with Crippen LogP contribution in [0.4, 0.5) is 5.13 Å². The molecule has 0 radical (unpaired) electrons. The average molecular weight is 316 g/mol. The molecule has 2 aromatic heterocycles. The lowest BCUT2D eigenvalue weighted by molar-refractivity contribution is -0.120. The fourth-order valence-corrected chi connectivity index (χ4v) is 2.68. The first kappa shape index (κ1) is 14.0. The van der Waals surface area contributed by atoms with Crippen molar-refractivity contribution in [1.29, 1.82) is 0 Å². The number of anilines is 1. The molecule has 2 aromatic rings. The predicted octanol–water partition coefficient (Wildman–Crippen LogP) is 3.24. The van der Waals surface area contributed by atoms with E-state index in [-0.39, 0.29) is 12.5 Å². The van der Waals surface area contributed by atoms with Crippen LogP contribution in [0.25, 0.3) is 0 Å². The molecule has 5 nitrogen and oxygen atoms in total. The van der Waals surface area contributed by atoms with E-state index in [1.54, 1.807) is 11.3 Å². The van der Waals surface area contributed by atoms with Gasteiger partial charge in [0.1, 0.15) is 4.34 Å². The van der Waals surface area contributed by atoms with Gasteiger partial charge >= 0.3 is 0 Å². The molecular weight excluding hydrogens is 306 g/mol. The smallest absolute Gasteiger partial charge is 0.266 e. The number of thiophene rings is 1. The molecule has 19 heavy (non-hydrogen) atoms. The van der Waals surface area contributed by atoms with Crippen molar-refractivity contribution in [3.63, 3.8) is 0 Å². The first-order valence-electron chi connectivity index (χ1n) is 5.27. The van der Waals surface area contributed by atoms with E-state index in [9.17, 15) is 4.79 Å². The molecule has 0 unspecified atom stereocenters. The summed E-state index contributed by atoms with van der Waals surface area (Å²) in [4.78, 5) is 21.4. The summed E-state index contributed by atoms with van der Waals surface area (Å²) in [6.45, 7) is 1.66. The molecule has 0 aromatic carbocycles. The molecule has 0 saturated heterocycles. The minimum atomic E-state index is -0.325. The first-order valence-corrected chi connectivity index (χ1v) is 7.34. The molecule has 0 aliphatic rings. The Labute approximate surface area is 122 Å². The van der Waals surface area contributed by atoms with Gasteiger partial charge in [0.05, 0.1) is 16.8 Å². The predicted molar refractivity (Wildman–Crippen MR) is 78.2 cm³/mol. The number of oxime groups is 1. The number of hydrogen-bond donors (Lipinski definition) is 1. The number of hydrogen-bond acceptors (Lipinski definition) is 6. The van der Waals surface area contributed by atoms with E-state index in [0.29, 0.717) is 9.47 Å². The largest absolute Gasteiger partial charge is 0.385 e. The minimum Gasteiger partial charge on any atom is -0.385 e. The Morgan fingerprint density at radius 1 is 1.63 bits per heavy atom. The van der Waals surface area contributed by atoms with Crippen molar-refractivity contribution in [2.24, 2.45) is 5.16 Å². The summed E-state index contributed by atoms with van der Waals surface area (Å²) < 4.78 is 0.516. The first-order chi connectivity index (χ1) is 9.15. The fourth-order valence-electron chi connectivity index (χ4n) is 1.18. The summed E-state index contributed by atoms with van der Waals surface area (Å²) in [6.07, 6.45) is 1.47. The van der Waals surface area contributed by atoms with Crippen LogP contribution in [0.15, 0.2) is 28.9 Å². The summed E-state index contributed by atoms with van der Waals surface area (Å²) in [6, 6.07) is 3.86. The Morgan fingerprint density at radius 3 is 3.11 bits per heavy atom. The number of nitrogens with one attached hydrogen (secondary N) is 1. The molecule has 100 valence electrons. The van der Waals surface area contributed by atoms with Crippen LogP contribution < -0.4 is 5.32 Å². The van der Waals surface area contributed by atoms with Crippen LogP contribution in [0.2, 0.25) is 4.34 Å². The summed E-state index contributed by atoms with van der Waals surface area (Å²) in [5.74, 6) is -0.325. The quantitative estimate of drug-likeness (QED) is 0.680. The highest BCUT2D eigenvalue weighted by molar-refractivity contribution is 7.19. The maximum atomic E-state index is 11.5. The minimum absolute atomic E-state index is 0.167. The SMILES string of the molecule is CC(=NOCC(=O)Nc1ncc(Cl)s1)c1cccs1. The number of rotatable bonds is 5. The summed E-state index contributed by atoms with van der Waals surface area (Å²) in [7, 11) is 0. The highest BCUT2D eigenvalue weighted by Crippen LogP contribution is 2.22. The zero-order chi connectivity index (χ0) is 13.7. The van der Waals surface area contributed by atoms with Gasteiger partial charge < -0.3 is 4.84 Å². The zero-order valence-electron chi connectivity index (χ0n) is 9.92. The Hall–Kier alpha value is -1.44. The van der Waals surface area contributed by atoms with Crippen LogP contribution in [-0.2, 0) is 9.63 Å². The molecule has 2 heterocycles. The second kappa shape index (κ2) is 6.65. The molecule has 1 amide bonds. The molecular formula is C11H10ClN3O2S2. The third kappa shape index (κ3) is 4.30. The van der Waals surface area contributed by atoms with Crippen molar-refractivity contribution >= 4 is 51.0 Å². The zero-order valence-corrected chi connectivity index (χ0v) is 12.3. The van der Waals surface area contributed by atoms with E-state index in [1.165, 1.54) is 17.5 Å². The van der Waals surface area contributed by atoms with Gasteiger partial charge in [0.2, 0.25) is 0 Å². The third-order valence-corrected chi connectivity index (χ3v) is 4.01. The Bertz CT molecular complexity index is 581. The fraction of sp³-hybridized carbons (Fsp3) is 0.182. The van der Waals surface area contributed by atoms with Gasteiger partial charge in [-0.2, -0.15) is 0 Å². The van der Waals surface area contributed by atoms with E-state index in [0.717, 1.165) is 10.6 Å². The molecule has 2 rings (SSSR count). The topological polar surface area (TPSA) is 63.6 Å². The number of amides is 1. The summed E-state index contributed by atoms with van der Waals surface area (Å²) in [5, 5.41) is 8.83. The highest BCUT2D eigenvalue weighted by Gasteiger charge is 2.06. The molecule has 0 saturated carbocycles. The maximum absolute atomic E-state index is 11.5. The number of aromatic nitrogens is 1. The highest BCUT2D eigenvalue weighted by atomic mass is 35.5. The molecule has 0 aliphatic heterocycles. The van der Waals surface area contributed by atoms with Crippen molar-refractivity contribution < 1.29 is 9.63 Å². The summed E-state index contributed by atoms with van der Waals surface area (Å²) in [5.41, 5.74) is 0.736. The number of thiazole rings is 1. The van der Waals surface area contributed by atoms with Crippen LogP contribution >= 0.6 is 34.3 Å². The van der Waals surface area contributed by atoms with Crippen LogP contribution in [-0.4, -0.2) is 23.2 Å². The van der Waals surface area contributed by atoms with E-state index < -0.39 is 0 Å². The molecule has 0 spiro atoms. The van der Waals surface area contributed by atoms with E-state index >= 15 is 0 Å². The number of carbonyl (C=O) groups is 1. The molecule has 0 aliphatic carbocycles. The number of halogens is 1. The van der Waals surface area contributed by atoms with Gasteiger partial charge in [-0.25, -0.2) is 4.98 Å². The molecule has 1 N–H and O–H groups in total. The average Bonchev–Trinajstić information content (AvgIpc) is 3.00. The number of nitrogens with zero attached hydrogens (tertiary/aromatic N) is 2. The van der Waals surface area contributed by atoms with Crippen molar-refractivity contribution in [1.82, 2.24) is 4.98 Å². The Morgan fingerprint density at radius 2 is 2.47 bits per heavy atom. The van der Waals surface area contributed by atoms with Gasteiger partial charge in [-0.1, -0.05) is 34.2 Å². The van der Waals surface area contributed by atoms with E-state index in [4.69, 9.17) is 16.4 Å². The third-order valence-electron chi connectivity index (χ3n) is 2.00. The number of carbonyl (C=O) groups excluding carboxylic acids is 1. The van der Waals surface area contributed by atoms with Crippen molar-refractivity contribution in [2.45, 2.75) is 6.92 Å². The summed E-state index contributed by atoms with van der Waals surface area (Å²) >= 11 is 8.45. The molecule has 0 bridgehead atoms. The van der Waals surface area contributed by atoms with E-state index in [1.807, 2.05) is 24.4 Å². The lowest BCUT2D eigenvalue weighted by atomic mass is 10.3. The van der Waals surface area contributed by atoms with Crippen LogP contribution in [0.3, 0.4) is 0 Å². The molecule has 0 fully saturated rings. The maximum Gasteiger partial charge on any atom is 0.266 e. The lowest BCUT2D eigenvalue weighted by Gasteiger charge is -2.01.